The Balaban J connectivity index is 1.88. The number of carbonyl (C=O) groups excluding carboxylic acids is 1. The highest BCUT2D eigenvalue weighted by Gasteiger charge is 2.21. The third-order valence-corrected chi connectivity index (χ3v) is 4.40. The van der Waals surface area contributed by atoms with Crippen LogP contribution < -0.4 is 19.5 Å². The molecule has 1 N–H and O–H groups in total. The molecule has 2 aromatic carbocycles. The highest BCUT2D eigenvalue weighted by atomic mass is 79.9. The molecule has 23 heavy (non-hydrogen) atoms. The molecule has 1 aliphatic heterocycles. The number of benzene rings is 2. The van der Waals surface area contributed by atoms with E-state index in [4.69, 9.17) is 14.2 Å². The molecule has 120 valence electrons. The summed E-state index contributed by atoms with van der Waals surface area (Å²) in [7, 11) is 1.54. The molecule has 1 amide bonds. The standard InChI is InChI=1S/C17H16BrNO4/c1-10-7-12(3-4-13(10)18)19-17(20)11-8-14(21-2)16-15(9-11)22-5-6-23-16/h3-4,7-9H,5-6H2,1-2H3,(H,19,20). The first-order chi connectivity index (χ1) is 11.1. The maximum absolute atomic E-state index is 12.5. The fourth-order valence-corrected chi connectivity index (χ4v) is 2.58. The number of rotatable bonds is 3. The van der Waals surface area contributed by atoms with Gasteiger partial charge in [-0.1, -0.05) is 15.9 Å². The summed E-state index contributed by atoms with van der Waals surface area (Å²) in [6.45, 7) is 2.88. The van der Waals surface area contributed by atoms with E-state index in [1.54, 1.807) is 12.1 Å². The summed E-state index contributed by atoms with van der Waals surface area (Å²) in [5.41, 5.74) is 2.22. The lowest BCUT2D eigenvalue weighted by atomic mass is 10.1. The third-order valence-electron chi connectivity index (χ3n) is 3.51. The van der Waals surface area contributed by atoms with Crippen molar-refractivity contribution >= 4 is 27.5 Å². The van der Waals surface area contributed by atoms with Crippen LogP contribution in [-0.2, 0) is 0 Å². The Labute approximate surface area is 142 Å². The maximum Gasteiger partial charge on any atom is 0.255 e. The van der Waals surface area contributed by atoms with Gasteiger partial charge in [0.05, 0.1) is 7.11 Å². The van der Waals surface area contributed by atoms with E-state index in [0.717, 1.165) is 15.7 Å². The third kappa shape index (κ3) is 3.27. The quantitative estimate of drug-likeness (QED) is 0.883. The highest BCUT2D eigenvalue weighted by molar-refractivity contribution is 9.10. The zero-order valence-corrected chi connectivity index (χ0v) is 14.4. The Bertz CT molecular complexity index is 743. The van der Waals surface area contributed by atoms with Crippen molar-refractivity contribution in [3.05, 3.63) is 45.9 Å². The number of hydrogen-bond donors (Lipinski definition) is 1. The van der Waals surface area contributed by atoms with Gasteiger partial charge in [-0.15, -0.1) is 0 Å². The van der Waals surface area contributed by atoms with E-state index in [1.165, 1.54) is 7.11 Å². The second kappa shape index (κ2) is 6.50. The largest absolute Gasteiger partial charge is 0.493 e. The Morgan fingerprint density at radius 3 is 2.74 bits per heavy atom. The molecule has 1 aliphatic rings. The molecule has 0 fully saturated rings. The predicted octanol–water partition coefficient (Wildman–Crippen LogP) is 3.79. The van der Waals surface area contributed by atoms with Crippen molar-refractivity contribution in [3.63, 3.8) is 0 Å². The van der Waals surface area contributed by atoms with Gasteiger partial charge in [0.15, 0.2) is 11.5 Å². The average Bonchev–Trinajstić information content (AvgIpc) is 2.57. The maximum atomic E-state index is 12.5. The van der Waals surface area contributed by atoms with Crippen molar-refractivity contribution in [1.82, 2.24) is 0 Å². The normalized spacial score (nSPS) is 12.7. The number of fused-ring (bicyclic) bond motifs is 1. The van der Waals surface area contributed by atoms with Crippen LogP contribution in [0.5, 0.6) is 17.2 Å². The van der Waals surface area contributed by atoms with Crippen molar-refractivity contribution in [1.29, 1.82) is 0 Å². The number of aryl methyl sites for hydroxylation is 1. The van der Waals surface area contributed by atoms with Crippen molar-refractivity contribution in [2.45, 2.75) is 6.92 Å². The number of halogens is 1. The fraction of sp³-hybridized carbons (Fsp3) is 0.235. The average molecular weight is 378 g/mol. The molecular formula is C17H16BrNO4. The van der Waals surface area contributed by atoms with Crippen LogP contribution >= 0.6 is 15.9 Å². The van der Waals surface area contributed by atoms with E-state index >= 15 is 0 Å². The van der Waals surface area contributed by atoms with Gasteiger partial charge in [0.25, 0.3) is 5.91 Å². The summed E-state index contributed by atoms with van der Waals surface area (Å²) in [4.78, 5) is 12.5. The van der Waals surface area contributed by atoms with Crippen LogP contribution in [0.25, 0.3) is 0 Å². The summed E-state index contributed by atoms with van der Waals surface area (Å²) >= 11 is 3.44. The number of amides is 1. The number of carbonyl (C=O) groups is 1. The van der Waals surface area contributed by atoms with Gasteiger partial charge >= 0.3 is 0 Å². The summed E-state index contributed by atoms with van der Waals surface area (Å²) in [5.74, 6) is 1.31. The Kier molecular flexibility index (Phi) is 4.43. The van der Waals surface area contributed by atoms with Gasteiger partial charge in [0.1, 0.15) is 13.2 Å². The molecule has 0 spiro atoms. The van der Waals surface area contributed by atoms with Crippen molar-refractivity contribution in [2.75, 3.05) is 25.6 Å². The van der Waals surface area contributed by atoms with E-state index in [-0.39, 0.29) is 5.91 Å². The zero-order valence-electron chi connectivity index (χ0n) is 12.8. The summed E-state index contributed by atoms with van der Waals surface area (Å²) in [5, 5.41) is 2.87. The summed E-state index contributed by atoms with van der Waals surface area (Å²) in [6, 6.07) is 8.95. The number of nitrogens with one attached hydrogen (secondary N) is 1. The minimum atomic E-state index is -0.234. The fourth-order valence-electron chi connectivity index (χ4n) is 2.33. The minimum Gasteiger partial charge on any atom is -0.493 e. The van der Waals surface area contributed by atoms with Gasteiger partial charge in [-0.2, -0.15) is 0 Å². The zero-order chi connectivity index (χ0) is 16.4. The molecule has 3 rings (SSSR count). The monoisotopic (exact) mass is 377 g/mol. The second-order valence-electron chi connectivity index (χ2n) is 5.12. The molecular weight excluding hydrogens is 362 g/mol. The molecule has 0 bridgehead atoms. The van der Waals surface area contributed by atoms with Gasteiger partial charge in [0.2, 0.25) is 5.75 Å². The first-order valence-corrected chi connectivity index (χ1v) is 7.93. The molecule has 0 aliphatic carbocycles. The second-order valence-corrected chi connectivity index (χ2v) is 5.98. The molecule has 6 heteroatoms. The van der Waals surface area contributed by atoms with Crippen LogP contribution in [0.1, 0.15) is 15.9 Å². The van der Waals surface area contributed by atoms with E-state index < -0.39 is 0 Å². The van der Waals surface area contributed by atoms with Gasteiger partial charge in [-0.3, -0.25) is 4.79 Å². The molecule has 0 atom stereocenters. The van der Waals surface area contributed by atoms with Gasteiger partial charge < -0.3 is 19.5 Å². The van der Waals surface area contributed by atoms with Crippen LogP contribution in [0.15, 0.2) is 34.8 Å². The van der Waals surface area contributed by atoms with Crippen molar-refractivity contribution in [2.24, 2.45) is 0 Å². The van der Waals surface area contributed by atoms with E-state index in [0.29, 0.717) is 36.0 Å². The van der Waals surface area contributed by atoms with E-state index in [1.807, 2.05) is 25.1 Å². The number of methoxy groups -OCH3 is 1. The predicted molar refractivity (Wildman–Crippen MR) is 90.8 cm³/mol. The van der Waals surface area contributed by atoms with Crippen LogP contribution in [0.2, 0.25) is 0 Å². The van der Waals surface area contributed by atoms with Gasteiger partial charge in [0, 0.05) is 15.7 Å². The minimum absolute atomic E-state index is 0.234. The topological polar surface area (TPSA) is 56.8 Å². The first kappa shape index (κ1) is 15.7. The van der Waals surface area contributed by atoms with Crippen LogP contribution in [0, 0.1) is 6.92 Å². The lowest BCUT2D eigenvalue weighted by Gasteiger charge is -2.21. The van der Waals surface area contributed by atoms with Gasteiger partial charge in [-0.25, -0.2) is 0 Å². The van der Waals surface area contributed by atoms with E-state index in [9.17, 15) is 4.79 Å². The smallest absolute Gasteiger partial charge is 0.255 e. The SMILES string of the molecule is COc1cc(C(=O)Nc2ccc(Br)c(C)c2)cc2c1OCCO2. The Morgan fingerprint density at radius 2 is 2.00 bits per heavy atom. The van der Waals surface area contributed by atoms with Crippen LogP contribution in [-0.4, -0.2) is 26.2 Å². The molecule has 1 heterocycles. The highest BCUT2D eigenvalue weighted by Crippen LogP contribution is 2.40. The Hall–Kier alpha value is -2.21. The molecule has 5 nitrogen and oxygen atoms in total. The number of ether oxygens (including phenoxy) is 3. The lowest BCUT2D eigenvalue weighted by Crippen LogP contribution is -2.18. The molecule has 0 unspecified atom stereocenters. The number of anilines is 1. The lowest BCUT2D eigenvalue weighted by molar-refractivity contribution is 0.102. The molecule has 0 saturated heterocycles. The molecule has 2 aromatic rings. The number of hydrogen-bond acceptors (Lipinski definition) is 4. The Morgan fingerprint density at radius 1 is 1.22 bits per heavy atom. The molecule has 0 aromatic heterocycles. The van der Waals surface area contributed by atoms with E-state index in [2.05, 4.69) is 21.2 Å². The molecule has 0 radical (unpaired) electrons. The van der Waals surface area contributed by atoms with Crippen molar-refractivity contribution in [3.8, 4) is 17.2 Å². The van der Waals surface area contributed by atoms with Crippen molar-refractivity contribution < 1.29 is 19.0 Å². The van der Waals surface area contributed by atoms with Gasteiger partial charge in [-0.05, 0) is 42.8 Å². The summed E-state index contributed by atoms with van der Waals surface area (Å²) in [6.07, 6.45) is 0. The molecule has 0 saturated carbocycles. The van der Waals surface area contributed by atoms with Crippen LogP contribution in [0.3, 0.4) is 0 Å². The summed E-state index contributed by atoms with van der Waals surface area (Å²) < 4.78 is 17.4. The first-order valence-electron chi connectivity index (χ1n) is 7.13. The van der Waals surface area contributed by atoms with Crippen LogP contribution in [0.4, 0.5) is 5.69 Å².